The zero-order valence-corrected chi connectivity index (χ0v) is 13.1. The quantitative estimate of drug-likeness (QED) is 0.652. The highest BCUT2D eigenvalue weighted by atomic mass is 32.1. The van der Waals surface area contributed by atoms with Crippen molar-refractivity contribution < 1.29 is 14.3 Å². The Hall–Kier alpha value is -2.28. The van der Waals surface area contributed by atoms with E-state index in [0.717, 1.165) is 24.3 Å². The fourth-order valence-electron chi connectivity index (χ4n) is 1.84. The molecule has 6 nitrogen and oxygen atoms in total. The van der Waals surface area contributed by atoms with Crippen LogP contribution in [0.15, 0.2) is 30.3 Å². The number of anilines is 1. The van der Waals surface area contributed by atoms with Crippen LogP contribution in [-0.4, -0.2) is 28.7 Å². The Morgan fingerprint density at radius 2 is 1.95 bits per heavy atom. The van der Waals surface area contributed by atoms with Gasteiger partial charge in [-0.05, 0) is 25.3 Å². The van der Waals surface area contributed by atoms with Gasteiger partial charge in [-0.15, -0.1) is 10.2 Å². The van der Waals surface area contributed by atoms with E-state index >= 15 is 0 Å². The van der Waals surface area contributed by atoms with E-state index in [1.165, 1.54) is 16.9 Å². The van der Waals surface area contributed by atoms with Gasteiger partial charge in [0, 0.05) is 6.42 Å². The molecule has 1 heterocycles. The maximum absolute atomic E-state index is 11.5. The second-order valence-electron chi connectivity index (χ2n) is 4.51. The number of hydrogen-bond donors (Lipinski definition) is 1. The smallest absolute Gasteiger partial charge is 0.397 e. The van der Waals surface area contributed by atoms with E-state index in [4.69, 9.17) is 0 Å². The number of nitrogens with zero attached hydrogens (tertiary/aromatic N) is 2. The summed E-state index contributed by atoms with van der Waals surface area (Å²) in [5.41, 5.74) is 1.28. The number of amides is 1. The second-order valence-corrected chi connectivity index (χ2v) is 5.58. The number of aromatic nitrogens is 2. The number of benzene rings is 1. The molecule has 0 spiro atoms. The molecular weight excluding hydrogens is 302 g/mol. The summed E-state index contributed by atoms with van der Waals surface area (Å²) in [6.45, 7) is 1.80. The molecule has 0 fully saturated rings. The summed E-state index contributed by atoms with van der Waals surface area (Å²) >= 11 is 1.27. The van der Waals surface area contributed by atoms with E-state index in [-0.39, 0.29) is 6.61 Å². The maximum atomic E-state index is 11.5. The maximum Gasteiger partial charge on any atom is 0.397 e. The Kier molecular flexibility index (Phi) is 6.02. The molecule has 22 heavy (non-hydrogen) atoms. The molecule has 0 saturated heterocycles. The number of nitrogens with one attached hydrogen (secondary N) is 1. The third-order valence-corrected chi connectivity index (χ3v) is 3.75. The Morgan fingerprint density at radius 1 is 1.18 bits per heavy atom. The van der Waals surface area contributed by atoms with Gasteiger partial charge in [-0.1, -0.05) is 41.7 Å². The van der Waals surface area contributed by atoms with Gasteiger partial charge in [0.25, 0.3) is 0 Å². The van der Waals surface area contributed by atoms with Crippen LogP contribution in [0.5, 0.6) is 0 Å². The lowest BCUT2D eigenvalue weighted by molar-refractivity contribution is -0.152. The van der Waals surface area contributed by atoms with Gasteiger partial charge in [-0.3, -0.25) is 10.1 Å². The minimum atomic E-state index is -0.914. The largest absolute Gasteiger partial charge is 0.459 e. The number of hydrogen-bond acceptors (Lipinski definition) is 6. The molecule has 0 bridgehead atoms. The van der Waals surface area contributed by atoms with Gasteiger partial charge >= 0.3 is 11.9 Å². The molecule has 1 aromatic heterocycles. The van der Waals surface area contributed by atoms with Crippen molar-refractivity contribution in [1.82, 2.24) is 10.2 Å². The van der Waals surface area contributed by atoms with Gasteiger partial charge in [-0.2, -0.15) is 0 Å². The summed E-state index contributed by atoms with van der Waals surface area (Å²) in [7, 11) is 0. The van der Waals surface area contributed by atoms with Crippen molar-refractivity contribution in [3.8, 4) is 0 Å². The number of aryl methyl sites for hydroxylation is 2. The molecule has 7 heteroatoms. The van der Waals surface area contributed by atoms with Crippen LogP contribution < -0.4 is 5.32 Å². The van der Waals surface area contributed by atoms with Gasteiger partial charge in [0.1, 0.15) is 5.01 Å². The standard InChI is InChI=1S/C15H17N3O3S/c1-2-21-14(20)13(19)16-15-18-17-12(22-15)10-6-9-11-7-4-3-5-8-11/h3-5,7-8H,2,6,9-10H2,1H3,(H,16,18,19). The zero-order valence-electron chi connectivity index (χ0n) is 12.2. The first-order valence-corrected chi connectivity index (χ1v) is 7.85. The van der Waals surface area contributed by atoms with Gasteiger partial charge in [-0.25, -0.2) is 4.79 Å². The zero-order chi connectivity index (χ0) is 15.8. The molecule has 0 aliphatic carbocycles. The van der Waals surface area contributed by atoms with E-state index in [9.17, 15) is 9.59 Å². The lowest BCUT2D eigenvalue weighted by Gasteiger charge is -2.00. The lowest BCUT2D eigenvalue weighted by atomic mass is 10.1. The summed E-state index contributed by atoms with van der Waals surface area (Å²) in [4.78, 5) is 22.7. The first kappa shape index (κ1) is 16.1. The monoisotopic (exact) mass is 319 g/mol. The third kappa shape index (κ3) is 4.92. The van der Waals surface area contributed by atoms with Gasteiger partial charge in [0.05, 0.1) is 6.61 Å². The van der Waals surface area contributed by atoms with Crippen LogP contribution in [0.3, 0.4) is 0 Å². The molecule has 0 aliphatic heterocycles. The van der Waals surface area contributed by atoms with Crippen LogP contribution in [0.25, 0.3) is 0 Å². The van der Waals surface area contributed by atoms with E-state index in [1.54, 1.807) is 6.92 Å². The Balaban J connectivity index is 1.79. The molecule has 1 aromatic carbocycles. The highest BCUT2D eigenvalue weighted by molar-refractivity contribution is 7.15. The minimum Gasteiger partial charge on any atom is -0.459 e. The summed E-state index contributed by atoms with van der Waals surface area (Å²) in [5.74, 6) is -1.74. The fraction of sp³-hybridized carbons (Fsp3) is 0.333. The average molecular weight is 319 g/mol. The predicted molar refractivity (Wildman–Crippen MR) is 83.6 cm³/mol. The van der Waals surface area contributed by atoms with E-state index < -0.39 is 11.9 Å². The SMILES string of the molecule is CCOC(=O)C(=O)Nc1nnc(CCCc2ccccc2)s1. The highest BCUT2D eigenvalue weighted by Gasteiger charge is 2.16. The van der Waals surface area contributed by atoms with Crippen molar-refractivity contribution in [3.05, 3.63) is 40.9 Å². The van der Waals surface area contributed by atoms with Gasteiger partial charge in [0.2, 0.25) is 5.13 Å². The molecule has 0 atom stereocenters. The molecular formula is C15H17N3O3S. The van der Waals surface area contributed by atoms with E-state index in [2.05, 4.69) is 32.4 Å². The van der Waals surface area contributed by atoms with Crippen molar-refractivity contribution in [3.63, 3.8) is 0 Å². The minimum absolute atomic E-state index is 0.160. The Bertz CT molecular complexity index is 628. The van der Waals surface area contributed by atoms with Crippen LogP contribution >= 0.6 is 11.3 Å². The van der Waals surface area contributed by atoms with E-state index in [0.29, 0.717) is 5.13 Å². The number of carbonyl (C=O) groups excluding carboxylic acids is 2. The number of ether oxygens (including phenoxy) is 1. The summed E-state index contributed by atoms with van der Waals surface area (Å²) in [6, 6.07) is 10.2. The van der Waals surface area contributed by atoms with Crippen LogP contribution in [0.2, 0.25) is 0 Å². The normalized spacial score (nSPS) is 10.2. The van der Waals surface area contributed by atoms with Gasteiger partial charge in [0.15, 0.2) is 0 Å². The molecule has 0 saturated carbocycles. The molecule has 116 valence electrons. The van der Waals surface area contributed by atoms with Crippen molar-refractivity contribution in [1.29, 1.82) is 0 Å². The average Bonchev–Trinajstić information content (AvgIpc) is 2.96. The van der Waals surface area contributed by atoms with Crippen molar-refractivity contribution in [2.75, 3.05) is 11.9 Å². The molecule has 2 aromatic rings. The summed E-state index contributed by atoms with van der Waals surface area (Å²) < 4.78 is 4.60. The van der Waals surface area contributed by atoms with Crippen LogP contribution in [-0.2, 0) is 27.2 Å². The molecule has 0 radical (unpaired) electrons. The highest BCUT2D eigenvalue weighted by Crippen LogP contribution is 2.17. The molecule has 0 unspecified atom stereocenters. The first-order chi connectivity index (χ1) is 10.7. The lowest BCUT2D eigenvalue weighted by Crippen LogP contribution is -2.24. The number of esters is 1. The van der Waals surface area contributed by atoms with Crippen molar-refractivity contribution >= 4 is 28.3 Å². The fourth-order valence-corrected chi connectivity index (χ4v) is 2.61. The van der Waals surface area contributed by atoms with Crippen molar-refractivity contribution in [2.45, 2.75) is 26.2 Å². The molecule has 0 aliphatic rings. The summed E-state index contributed by atoms with van der Waals surface area (Å²) in [5, 5.41) is 11.4. The molecule has 1 amide bonds. The summed E-state index contributed by atoms with van der Waals surface area (Å²) in [6.07, 6.45) is 2.69. The topological polar surface area (TPSA) is 81.2 Å². The molecule has 2 rings (SSSR count). The van der Waals surface area contributed by atoms with Crippen molar-refractivity contribution in [2.24, 2.45) is 0 Å². The third-order valence-electron chi connectivity index (χ3n) is 2.85. The van der Waals surface area contributed by atoms with Crippen LogP contribution in [0, 0.1) is 0 Å². The predicted octanol–water partition coefficient (Wildman–Crippen LogP) is 2.21. The van der Waals surface area contributed by atoms with Crippen LogP contribution in [0.1, 0.15) is 23.9 Å². The van der Waals surface area contributed by atoms with Gasteiger partial charge < -0.3 is 4.74 Å². The number of carbonyl (C=O) groups is 2. The van der Waals surface area contributed by atoms with E-state index in [1.807, 2.05) is 18.2 Å². The molecule has 1 N–H and O–H groups in total. The number of rotatable bonds is 6. The van der Waals surface area contributed by atoms with Crippen LogP contribution in [0.4, 0.5) is 5.13 Å². The Morgan fingerprint density at radius 3 is 2.68 bits per heavy atom. The first-order valence-electron chi connectivity index (χ1n) is 7.03. The Labute approximate surface area is 132 Å². The second kappa shape index (κ2) is 8.23.